The van der Waals surface area contributed by atoms with Gasteiger partial charge in [0.05, 0.1) is 0 Å². The third kappa shape index (κ3) is 7.15. The number of aryl methyl sites for hydroxylation is 1. The third-order valence-electron chi connectivity index (χ3n) is 15.3. The van der Waals surface area contributed by atoms with Crippen LogP contribution in [0.5, 0.6) is 11.5 Å². The molecule has 72 heavy (non-hydrogen) atoms. The summed E-state index contributed by atoms with van der Waals surface area (Å²) in [5.41, 5.74) is 19.6. The second-order valence-electron chi connectivity index (χ2n) is 24.3. The molecule has 2 aromatic heterocycles. The number of aromatic nitrogens is 2. The molecular formula is C66H63N4OPt-3. The Labute approximate surface area is 441 Å². The fraction of sp³-hybridized carbons (Fsp3) is 0.273. The van der Waals surface area contributed by atoms with Crippen LogP contribution < -0.4 is 14.5 Å². The van der Waals surface area contributed by atoms with E-state index >= 15 is 0 Å². The number of fused-ring (bicyclic) bond motifs is 12. The molecule has 9 aromatic rings. The van der Waals surface area contributed by atoms with Crippen molar-refractivity contribution in [1.82, 2.24) is 9.55 Å². The quantitative estimate of drug-likeness (QED) is 0.165. The van der Waals surface area contributed by atoms with E-state index in [9.17, 15) is 0 Å². The fourth-order valence-electron chi connectivity index (χ4n) is 11.8. The molecule has 12 rings (SSSR count). The molecule has 3 aliphatic rings. The molecule has 0 saturated heterocycles. The van der Waals surface area contributed by atoms with Crippen molar-refractivity contribution in [3.63, 3.8) is 0 Å². The van der Waals surface area contributed by atoms with Gasteiger partial charge in [0.2, 0.25) is 0 Å². The molecule has 0 fully saturated rings. The summed E-state index contributed by atoms with van der Waals surface area (Å²) in [6.07, 6.45) is 1.84. The second kappa shape index (κ2) is 16.3. The number of hydrogen-bond acceptors (Lipinski definition) is 4. The molecule has 0 unspecified atom stereocenters. The second-order valence-corrected chi connectivity index (χ2v) is 24.3. The summed E-state index contributed by atoms with van der Waals surface area (Å²) in [7, 11) is 0. The largest absolute Gasteiger partial charge is 0.509 e. The van der Waals surface area contributed by atoms with Gasteiger partial charge >= 0.3 is 0 Å². The van der Waals surface area contributed by atoms with Gasteiger partial charge in [-0.1, -0.05) is 173 Å². The maximum atomic E-state index is 7.02. The van der Waals surface area contributed by atoms with Gasteiger partial charge in [-0.15, -0.1) is 41.9 Å². The van der Waals surface area contributed by atoms with E-state index < -0.39 is 5.41 Å². The first-order valence-corrected chi connectivity index (χ1v) is 25.3. The van der Waals surface area contributed by atoms with Crippen LogP contribution in [0.2, 0.25) is 0 Å². The summed E-state index contributed by atoms with van der Waals surface area (Å²) in [5, 5.41) is 2.23. The number of anilines is 4. The molecule has 0 amide bonds. The van der Waals surface area contributed by atoms with Crippen molar-refractivity contribution < 1.29 is 25.8 Å². The fourth-order valence-corrected chi connectivity index (χ4v) is 11.8. The van der Waals surface area contributed by atoms with Crippen molar-refractivity contribution in [2.24, 2.45) is 0 Å². The van der Waals surface area contributed by atoms with E-state index in [2.05, 4.69) is 232 Å². The van der Waals surface area contributed by atoms with Gasteiger partial charge in [-0.2, -0.15) is 12.1 Å². The van der Waals surface area contributed by atoms with Gasteiger partial charge < -0.3 is 19.1 Å². The first-order chi connectivity index (χ1) is 33.6. The predicted octanol–water partition coefficient (Wildman–Crippen LogP) is 17.2. The van der Waals surface area contributed by atoms with E-state index in [1.807, 2.05) is 30.5 Å². The Hall–Kier alpha value is -6.42. The zero-order valence-corrected chi connectivity index (χ0v) is 46.1. The number of benzene rings is 7. The van der Waals surface area contributed by atoms with Crippen LogP contribution in [-0.4, -0.2) is 9.55 Å². The Balaban J connectivity index is 0.00000560. The molecule has 0 bridgehead atoms. The Morgan fingerprint density at radius 3 is 1.78 bits per heavy atom. The molecule has 5 nitrogen and oxygen atoms in total. The van der Waals surface area contributed by atoms with Gasteiger partial charge in [0.25, 0.3) is 0 Å². The average Bonchev–Trinajstić information content (AvgIpc) is 3.97. The molecule has 1 spiro atoms. The van der Waals surface area contributed by atoms with E-state index in [4.69, 9.17) is 9.72 Å². The number of ether oxygens (including phenoxy) is 1. The van der Waals surface area contributed by atoms with E-state index in [0.717, 1.165) is 44.7 Å². The Bertz CT molecular complexity index is 3570. The van der Waals surface area contributed by atoms with E-state index in [1.165, 1.54) is 66.9 Å². The molecular weight excluding hydrogens is 1060 g/mol. The normalized spacial score (nSPS) is 14.6. The predicted molar refractivity (Wildman–Crippen MR) is 295 cm³/mol. The smallest absolute Gasteiger partial charge is 0.135 e. The van der Waals surface area contributed by atoms with Crippen LogP contribution in [0.4, 0.5) is 22.7 Å². The Morgan fingerprint density at radius 2 is 1.17 bits per heavy atom. The molecule has 0 N–H and O–H groups in total. The van der Waals surface area contributed by atoms with Crippen LogP contribution >= 0.6 is 0 Å². The number of hydrogen-bond donors (Lipinski definition) is 0. The zero-order valence-electron chi connectivity index (χ0n) is 43.9. The van der Waals surface area contributed by atoms with Crippen molar-refractivity contribution in [3.8, 4) is 28.4 Å². The minimum atomic E-state index is -0.722. The minimum Gasteiger partial charge on any atom is -0.509 e. The number of pyridine rings is 1. The van der Waals surface area contributed by atoms with Gasteiger partial charge in [-0.25, -0.2) is 4.98 Å². The van der Waals surface area contributed by atoms with Crippen LogP contribution in [0, 0.1) is 25.7 Å². The Kier molecular flexibility index (Phi) is 10.8. The summed E-state index contributed by atoms with van der Waals surface area (Å²) in [4.78, 5) is 9.53. The number of nitrogens with zero attached hydrogens (tertiary/aromatic N) is 4. The van der Waals surface area contributed by atoms with Crippen LogP contribution in [0.3, 0.4) is 0 Å². The van der Waals surface area contributed by atoms with Crippen molar-refractivity contribution >= 4 is 44.6 Å². The van der Waals surface area contributed by atoms with Gasteiger partial charge in [-0.05, 0) is 120 Å². The van der Waals surface area contributed by atoms with Crippen LogP contribution in [-0.2, 0) is 48.1 Å². The topological polar surface area (TPSA) is 33.5 Å². The van der Waals surface area contributed by atoms with Crippen LogP contribution in [0.15, 0.2) is 140 Å². The Morgan fingerprint density at radius 1 is 0.556 bits per heavy atom. The zero-order chi connectivity index (χ0) is 49.7. The van der Waals surface area contributed by atoms with E-state index in [0.29, 0.717) is 11.5 Å². The molecule has 0 saturated carbocycles. The van der Waals surface area contributed by atoms with Crippen molar-refractivity contribution in [2.75, 3.05) is 9.80 Å². The number of rotatable bonds is 4. The maximum Gasteiger partial charge on any atom is 0.135 e. The molecule has 0 radical (unpaired) electrons. The molecule has 7 aromatic carbocycles. The molecule has 366 valence electrons. The first kappa shape index (κ1) is 47.9. The summed E-state index contributed by atoms with van der Waals surface area (Å²) in [6, 6.07) is 57.0. The van der Waals surface area contributed by atoms with Crippen molar-refractivity contribution in [1.29, 1.82) is 0 Å². The van der Waals surface area contributed by atoms with Crippen molar-refractivity contribution in [2.45, 2.75) is 117 Å². The monoisotopic (exact) mass is 1120 g/mol. The van der Waals surface area contributed by atoms with Crippen molar-refractivity contribution in [3.05, 3.63) is 209 Å². The SMILES string of the molecule is Cc1ccc(N2[CH-]N3c4[c-]c(Oc5[c-]c6c(cc5)c5ccccc5n6-c5ccccn5)ccc4C4(c5cccc2c53)c2c(cc(C(C)(C)C)cc2C(C)(C)C)-c2cc(C(C)(C)C)cc(C(C)(C)C)c24)cc1.[Pt]. The van der Waals surface area contributed by atoms with Gasteiger partial charge in [0.1, 0.15) is 5.82 Å². The van der Waals surface area contributed by atoms with E-state index in [1.54, 1.807) is 0 Å². The molecule has 6 heteroatoms. The standard InChI is InChI=1S/C66H63N4O.Pt/c1-40-24-26-43(27-25-40)68-39-69-57-38-45(71-44-28-30-47-46-19-14-15-21-54(46)70(56(47)37-44)58-23-16-17-32-67-58)29-31-50(57)66(51-20-18-22-55(68)61(51)69)59-48(33-41(62(2,3)4)35-52(59)64(8,9)10)49-34-42(63(5,6)7)36-53(60(49)66)65(11,12)13;/h14-36,39H,1-13H3;/q-3;. The summed E-state index contributed by atoms with van der Waals surface area (Å²) in [5.74, 6) is 2.06. The van der Waals surface area contributed by atoms with Gasteiger partial charge in [0.15, 0.2) is 0 Å². The summed E-state index contributed by atoms with van der Waals surface area (Å²) in [6.45, 7) is 33.0. The van der Waals surface area contributed by atoms with Gasteiger partial charge in [-0.3, -0.25) is 0 Å². The van der Waals surface area contributed by atoms with E-state index in [-0.39, 0.29) is 42.7 Å². The average molecular weight is 1120 g/mol. The molecule has 1 aliphatic carbocycles. The van der Waals surface area contributed by atoms with Crippen LogP contribution in [0.25, 0.3) is 38.8 Å². The maximum absolute atomic E-state index is 7.02. The molecule has 4 heterocycles. The molecule has 2 aliphatic heterocycles. The summed E-state index contributed by atoms with van der Waals surface area (Å²) < 4.78 is 9.20. The number of para-hydroxylation sites is 2. The summed E-state index contributed by atoms with van der Waals surface area (Å²) >= 11 is 0. The van der Waals surface area contributed by atoms with Gasteiger partial charge in [0, 0.05) is 66.8 Å². The third-order valence-corrected chi connectivity index (χ3v) is 15.3. The molecule has 0 atom stereocenters. The minimum absolute atomic E-state index is 0. The van der Waals surface area contributed by atoms with Crippen LogP contribution in [0.1, 0.15) is 133 Å². The first-order valence-electron chi connectivity index (χ1n) is 25.3.